The van der Waals surface area contributed by atoms with Crippen molar-refractivity contribution in [3.05, 3.63) is 29.3 Å². The Labute approximate surface area is 92.5 Å². The molecule has 0 spiro atoms. The molecule has 0 aromatic heterocycles. The van der Waals surface area contributed by atoms with E-state index in [1.165, 1.54) is 0 Å². The van der Waals surface area contributed by atoms with Crippen molar-refractivity contribution in [2.75, 3.05) is 18.5 Å². The van der Waals surface area contributed by atoms with Gasteiger partial charge in [0.2, 0.25) is 5.91 Å². The quantitative estimate of drug-likeness (QED) is 0.665. The Bertz CT molecular complexity index is 443. The van der Waals surface area contributed by atoms with Crippen LogP contribution in [0.5, 0.6) is 0 Å². The molecule has 1 aliphatic rings. The van der Waals surface area contributed by atoms with E-state index in [-0.39, 0.29) is 25.0 Å². The summed E-state index contributed by atoms with van der Waals surface area (Å²) in [6, 6.07) is 5.08. The van der Waals surface area contributed by atoms with Crippen LogP contribution in [0.4, 0.5) is 5.69 Å². The normalized spacial score (nSPS) is 13.2. The van der Waals surface area contributed by atoms with Crippen molar-refractivity contribution in [1.82, 2.24) is 5.32 Å². The first kappa shape index (κ1) is 10.6. The highest BCUT2D eigenvalue weighted by atomic mass is 16.3. The molecule has 0 aliphatic carbocycles. The lowest BCUT2D eigenvalue weighted by atomic mass is 10.1. The molecule has 5 nitrogen and oxygen atoms in total. The van der Waals surface area contributed by atoms with Gasteiger partial charge >= 0.3 is 0 Å². The minimum atomic E-state index is -0.252. The topological polar surface area (TPSA) is 78.4 Å². The zero-order valence-electron chi connectivity index (χ0n) is 8.62. The lowest BCUT2D eigenvalue weighted by Crippen LogP contribution is -2.26. The Morgan fingerprint density at radius 2 is 2.31 bits per heavy atom. The molecular formula is C11H12N2O3. The van der Waals surface area contributed by atoms with Crippen molar-refractivity contribution in [3.8, 4) is 0 Å². The fourth-order valence-corrected chi connectivity index (χ4v) is 1.63. The van der Waals surface area contributed by atoms with Crippen molar-refractivity contribution in [2.45, 2.75) is 6.42 Å². The number of fused-ring (bicyclic) bond motifs is 1. The second-order valence-corrected chi connectivity index (χ2v) is 3.58. The first-order chi connectivity index (χ1) is 7.70. The fraction of sp³-hybridized carbons (Fsp3) is 0.273. The standard InChI is InChI=1S/C11H12N2O3/c14-4-3-12-11(16)8-2-1-7-6-10(15)13-9(7)5-8/h1-2,5,14H,3-4,6H2,(H,12,16)(H,13,15). The molecule has 1 aromatic rings. The number of carbonyl (C=O) groups excluding carboxylic acids is 2. The molecule has 0 unspecified atom stereocenters. The smallest absolute Gasteiger partial charge is 0.251 e. The van der Waals surface area contributed by atoms with E-state index in [1.54, 1.807) is 18.2 Å². The van der Waals surface area contributed by atoms with Crippen LogP contribution in [0.1, 0.15) is 15.9 Å². The molecule has 0 fully saturated rings. The summed E-state index contributed by atoms with van der Waals surface area (Å²) in [5, 5.41) is 13.8. The van der Waals surface area contributed by atoms with Gasteiger partial charge in [0.1, 0.15) is 0 Å². The van der Waals surface area contributed by atoms with Crippen molar-refractivity contribution in [1.29, 1.82) is 0 Å². The highest BCUT2D eigenvalue weighted by Crippen LogP contribution is 2.23. The summed E-state index contributed by atoms with van der Waals surface area (Å²) in [4.78, 5) is 22.7. The van der Waals surface area contributed by atoms with Crippen molar-refractivity contribution in [2.24, 2.45) is 0 Å². The third-order valence-corrected chi connectivity index (χ3v) is 2.39. The Hall–Kier alpha value is -1.88. The number of nitrogens with one attached hydrogen (secondary N) is 2. The molecule has 16 heavy (non-hydrogen) atoms. The SMILES string of the molecule is O=C1Cc2ccc(C(=O)NCCO)cc2N1. The molecular weight excluding hydrogens is 208 g/mol. The van der Waals surface area contributed by atoms with Crippen LogP contribution in [0.15, 0.2) is 18.2 Å². The van der Waals surface area contributed by atoms with Crippen LogP contribution in [0.3, 0.4) is 0 Å². The van der Waals surface area contributed by atoms with E-state index in [2.05, 4.69) is 10.6 Å². The van der Waals surface area contributed by atoms with Crippen molar-refractivity contribution < 1.29 is 14.7 Å². The molecule has 0 bridgehead atoms. The molecule has 0 saturated carbocycles. The molecule has 0 atom stereocenters. The first-order valence-corrected chi connectivity index (χ1v) is 5.02. The molecule has 1 heterocycles. The number of hydrogen-bond donors (Lipinski definition) is 3. The lowest BCUT2D eigenvalue weighted by Gasteiger charge is -2.05. The molecule has 0 saturated heterocycles. The van der Waals surface area contributed by atoms with E-state index < -0.39 is 0 Å². The summed E-state index contributed by atoms with van der Waals surface area (Å²) in [7, 11) is 0. The van der Waals surface area contributed by atoms with Gasteiger partial charge in [-0.2, -0.15) is 0 Å². The average molecular weight is 220 g/mol. The minimum Gasteiger partial charge on any atom is -0.395 e. The number of benzene rings is 1. The van der Waals surface area contributed by atoms with Crippen LogP contribution in [-0.4, -0.2) is 30.1 Å². The van der Waals surface area contributed by atoms with Gasteiger partial charge in [0.15, 0.2) is 0 Å². The molecule has 3 N–H and O–H groups in total. The second kappa shape index (κ2) is 4.32. The second-order valence-electron chi connectivity index (χ2n) is 3.58. The zero-order chi connectivity index (χ0) is 11.5. The van der Waals surface area contributed by atoms with Gasteiger partial charge in [-0.05, 0) is 17.7 Å². The van der Waals surface area contributed by atoms with E-state index in [0.29, 0.717) is 17.7 Å². The summed E-state index contributed by atoms with van der Waals surface area (Å²) < 4.78 is 0. The maximum Gasteiger partial charge on any atom is 0.251 e. The third kappa shape index (κ3) is 2.04. The number of hydrogen-bond acceptors (Lipinski definition) is 3. The van der Waals surface area contributed by atoms with Gasteiger partial charge in [0.05, 0.1) is 13.0 Å². The molecule has 0 radical (unpaired) electrons. The van der Waals surface area contributed by atoms with Crippen LogP contribution in [0, 0.1) is 0 Å². The van der Waals surface area contributed by atoms with Crippen LogP contribution in [0.2, 0.25) is 0 Å². The minimum absolute atomic E-state index is 0.0529. The highest BCUT2D eigenvalue weighted by Gasteiger charge is 2.18. The van der Waals surface area contributed by atoms with Gasteiger partial charge in [-0.15, -0.1) is 0 Å². The average Bonchev–Trinajstić information content (AvgIpc) is 2.64. The lowest BCUT2D eigenvalue weighted by molar-refractivity contribution is -0.115. The Morgan fingerprint density at radius 1 is 1.50 bits per heavy atom. The summed E-state index contributed by atoms with van der Waals surface area (Å²) in [6.45, 7) is 0.135. The van der Waals surface area contributed by atoms with E-state index in [9.17, 15) is 9.59 Å². The maximum absolute atomic E-state index is 11.6. The highest BCUT2D eigenvalue weighted by molar-refractivity contribution is 6.02. The van der Waals surface area contributed by atoms with Gasteiger partial charge in [-0.1, -0.05) is 6.07 Å². The van der Waals surface area contributed by atoms with E-state index in [1.807, 2.05) is 0 Å². The van der Waals surface area contributed by atoms with E-state index in [0.717, 1.165) is 5.56 Å². The maximum atomic E-state index is 11.6. The van der Waals surface area contributed by atoms with Gasteiger partial charge in [-0.3, -0.25) is 9.59 Å². The molecule has 2 amide bonds. The summed E-state index contributed by atoms with van der Waals surface area (Å²) in [5.41, 5.74) is 2.08. The number of aliphatic hydroxyl groups is 1. The number of amides is 2. The van der Waals surface area contributed by atoms with Crippen molar-refractivity contribution in [3.63, 3.8) is 0 Å². The van der Waals surface area contributed by atoms with Crippen LogP contribution in [0.25, 0.3) is 0 Å². The summed E-state index contributed by atoms with van der Waals surface area (Å²) in [5.74, 6) is -0.305. The third-order valence-electron chi connectivity index (χ3n) is 2.39. The summed E-state index contributed by atoms with van der Waals surface area (Å²) >= 11 is 0. The zero-order valence-corrected chi connectivity index (χ0v) is 8.62. The molecule has 1 aliphatic heterocycles. The van der Waals surface area contributed by atoms with Gasteiger partial charge in [-0.25, -0.2) is 0 Å². The molecule has 84 valence electrons. The van der Waals surface area contributed by atoms with Crippen molar-refractivity contribution >= 4 is 17.5 Å². The number of rotatable bonds is 3. The van der Waals surface area contributed by atoms with Gasteiger partial charge in [0, 0.05) is 17.8 Å². The Morgan fingerprint density at radius 3 is 3.06 bits per heavy atom. The largest absolute Gasteiger partial charge is 0.395 e. The Kier molecular flexibility index (Phi) is 2.87. The fourth-order valence-electron chi connectivity index (χ4n) is 1.63. The number of aliphatic hydroxyl groups excluding tert-OH is 1. The monoisotopic (exact) mass is 220 g/mol. The van der Waals surface area contributed by atoms with Gasteiger partial charge in [0.25, 0.3) is 5.91 Å². The Balaban J connectivity index is 2.16. The van der Waals surface area contributed by atoms with Crippen LogP contribution < -0.4 is 10.6 Å². The molecule has 5 heteroatoms. The number of anilines is 1. The van der Waals surface area contributed by atoms with E-state index in [4.69, 9.17) is 5.11 Å². The van der Waals surface area contributed by atoms with Crippen LogP contribution >= 0.6 is 0 Å². The first-order valence-electron chi connectivity index (χ1n) is 5.02. The molecule has 1 aromatic carbocycles. The van der Waals surface area contributed by atoms with Gasteiger partial charge < -0.3 is 15.7 Å². The predicted octanol–water partition coefficient (Wildman–Crippen LogP) is -0.0967. The predicted molar refractivity (Wildman–Crippen MR) is 58.2 cm³/mol. The number of carbonyl (C=O) groups is 2. The van der Waals surface area contributed by atoms with E-state index >= 15 is 0 Å². The summed E-state index contributed by atoms with van der Waals surface area (Å²) in [6.07, 6.45) is 0.369. The van der Waals surface area contributed by atoms with Crippen LogP contribution in [-0.2, 0) is 11.2 Å². The molecule has 2 rings (SSSR count).